The molecule has 1 atom stereocenters. The predicted octanol–water partition coefficient (Wildman–Crippen LogP) is 4.81. The highest BCUT2D eigenvalue weighted by Gasteiger charge is 2.28. The van der Waals surface area contributed by atoms with Gasteiger partial charge in [0.2, 0.25) is 5.82 Å². The van der Waals surface area contributed by atoms with Crippen molar-refractivity contribution in [3.8, 4) is 0 Å². The first-order chi connectivity index (χ1) is 15.4. The number of hydrogen-bond acceptors (Lipinski definition) is 4. The number of nitrogens with zero attached hydrogens (tertiary/aromatic N) is 5. The van der Waals surface area contributed by atoms with E-state index in [0.29, 0.717) is 17.8 Å². The lowest BCUT2D eigenvalue weighted by atomic mass is 10.0. The Hall–Kier alpha value is -3.68. The van der Waals surface area contributed by atoms with Crippen LogP contribution >= 0.6 is 0 Å². The first kappa shape index (κ1) is 21.5. The minimum absolute atomic E-state index is 0.00293. The van der Waals surface area contributed by atoms with E-state index in [9.17, 15) is 13.6 Å². The maximum atomic E-state index is 13.8. The number of carbonyl (C=O) groups excluding carboxylic acids is 1. The first-order valence-electron chi connectivity index (χ1n) is 10.4. The number of hydrogen-bond donors (Lipinski definition) is 0. The van der Waals surface area contributed by atoms with Gasteiger partial charge in [0, 0.05) is 17.9 Å². The van der Waals surface area contributed by atoms with Gasteiger partial charge in [-0.2, -0.15) is 4.98 Å². The Morgan fingerprint density at radius 1 is 1.03 bits per heavy atom. The topological polar surface area (TPSA) is 63.4 Å². The molecule has 0 saturated carbocycles. The number of rotatable bonds is 6. The van der Waals surface area contributed by atoms with E-state index in [4.69, 9.17) is 0 Å². The summed E-state index contributed by atoms with van der Waals surface area (Å²) in [5.74, 6) is -0.807. The molecule has 0 N–H and O–H groups in total. The Labute approximate surface area is 184 Å². The zero-order valence-electron chi connectivity index (χ0n) is 18.1. The summed E-state index contributed by atoms with van der Waals surface area (Å²) < 4.78 is 28.9. The number of aromatic nitrogens is 4. The highest BCUT2D eigenvalue weighted by Crippen LogP contribution is 2.28. The molecule has 0 fully saturated rings. The van der Waals surface area contributed by atoms with E-state index in [-0.39, 0.29) is 30.0 Å². The zero-order valence-corrected chi connectivity index (χ0v) is 18.1. The Kier molecular flexibility index (Phi) is 5.94. The smallest absolute Gasteiger partial charge is 0.294 e. The molecular formula is C24H23F2N5O. The Bertz CT molecular complexity index is 1270. The molecule has 2 heterocycles. The maximum Gasteiger partial charge on any atom is 0.294 e. The van der Waals surface area contributed by atoms with Gasteiger partial charge in [0.25, 0.3) is 11.7 Å². The van der Waals surface area contributed by atoms with E-state index < -0.39 is 5.91 Å². The molecule has 2 aromatic heterocycles. The van der Waals surface area contributed by atoms with Gasteiger partial charge < -0.3 is 4.90 Å². The van der Waals surface area contributed by atoms with Crippen LogP contribution in [0.15, 0.2) is 54.6 Å². The molecule has 0 aliphatic rings. The van der Waals surface area contributed by atoms with Crippen LogP contribution in [0.3, 0.4) is 0 Å². The van der Waals surface area contributed by atoms with Crippen molar-refractivity contribution in [1.82, 2.24) is 24.5 Å². The minimum Gasteiger partial charge on any atom is -0.325 e. The number of benzene rings is 2. The first-order valence-corrected chi connectivity index (χ1v) is 10.4. The van der Waals surface area contributed by atoms with Crippen molar-refractivity contribution in [3.63, 3.8) is 0 Å². The average molecular weight is 435 g/mol. The van der Waals surface area contributed by atoms with Gasteiger partial charge in [-0.05, 0) is 61.7 Å². The Balaban J connectivity index is 1.77. The fraction of sp³-hybridized carbons (Fsp3) is 0.250. The number of amides is 1. The molecule has 8 heteroatoms. The second-order valence-electron chi connectivity index (χ2n) is 7.72. The van der Waals surface area contributed by atoms with Crippen LogP contribution in [-0.2, 0) is 6.54 Å². The second-order valence-corrected chi connectivity index (χ2v) is 7.72. The molecule has 0 aliphatic carbocycles. The van der Waals surface area contributed by atoms with Gasteiger partial charge in [-0.25, -0.2) is 18.3 Å². The van der Waals surface area contributed by atoms with Crippen molar-refractivity contribution in [2.75, 3.05) is 0 Å². The SMILES string of the molecule is CCC(c1ccc(F)cc1)N(Cc1cccc(F)c1)C(=O)c1nc2nc(C)cc(C)n2n1. The van der Waals surface area contributed by atoms with Crippen molar-refractivity contribution in [1.29, 1.82) is 0 Å². The third-order valence-corrected chi connectivity index (χ3v) is 5.33. The number of fused-ring (bicyclic) bond motifs is 1. The summed E-state index contributed by atoms with van der Waals surface area (Å²) in [5, 5.41) is 4.38. The minimum atomic E-state index is -0.409. The summed E-state index contributed by atoms with van der Waals surface area (Å²) in [6, 6.07) is 13.6. The van der Waals surface area contributed by atoms with Gasteiger partial charge in [-0.15, -0.1) is 5.10 Å². The summed E-state index contributed by atoms with van der Waals surface area (Å²) in [7, 11) is 0. The lowest BCUT2D eigenvalue weighted by molar-refractivity contribution is 0.0639. The molecule has 32 heavy (non-hydrogen) atoms. The lowest BCUT2D eigenvalue weighted by Crippen LogP contribution is -2.35. The van der Waals surface area contributed by atoms with Crippen molar-refractivity contribution >= 4 is 11.7 Å². The second kappa shape index (κ2) is 8.82. The van der Waals surface area contributed by atoms with Crippen molar-refractivity contribution in [2.24, 2.45) is 0 Å². The van der Waals surface area contributed by atoms with E-state index in [2.05, 4.69) is 15.1 Å². The largest absolute Gasteiger partial charge is 0.325 e. The van der Waals surface area contributed by atoms with Crippen molar-refractivity contribution in [2.45, 2.75) is 39.8 Å². The molecule has 6 nitrogen and oxygen atoms in total. The molecule has 0 spiro atoms. The van der Waals surface area contributed by atoms with Crippen LogP contribution in [0.25, 0.3) is 5.78 Å². The highest BCUT2D eigenvalue weighted by atomic mass is 19.1. The van der Waals surface area contributed by atoms with E-state index in [1.165, 1.54) is 28.8 Å². The van der Waals surface area contributed by atoms with E-state index in [0.717, 1.165) is 17.0 Å². The summed E-state index contributed by atoms with van der Waals surface area (Å²) >= 11 is 0. The Morgan fingerprint density at radius 2 is 1.78 bits per heavy atom. The molecule has 4 rings (SSSR count). The number of aryl methyl sites for hydroxylation is 2. The van der Waals surface area contributed by atoms with Gasteiger partial charge in [-0.1, -0.05) is 31.2 Å². The van der Waals surface area contributed by atoms with Crippen LogP contribution in [0.1, 0.15) is 52.5 Å². The fourth-order valence-corrected chi connectivity index (χ4v) is 3.86. The molecular weight excluding hydrogens is 412 g/mol. The summed E-state index contributed by atoms with van der Waals surface area (Å²) in [4.78, 5) is 23.9. The standard InChI is InChI=1S/C24H23F2N5O/c1-4-21(18-8-10-19(25)11-9-18)30(14-17-6-5-7-20(26)13-17)23(32)22-28-24-27-15(2)12-16(3)31(24)29-22/h5-13,21H,4,14H2,1-3H3. The van der Waals surface area contributed by atoms with Crippen molar-refractivity contribution in [3.05, 3.63) is 94.6 Å². The van der Waals surface area contributed by atoms with E-state index in [1.807, 2.05) is 26.8 Å². The summed E-state index contributed by atoms with van der Waals surface area (Å²) in [5.41, 5.74) is 2.98. The molecule has 0 radical (unpaired) electrons. The van der Waals surface area contributed by atoms with Gasteiger partial charge in [0.1, 0.15) is 11.6 Å². The van der Waals surface area contributed by atoms with E-state index >= 15 is 0 Å². The normalized spacial score (nSPS) is 12.2. The third kappa shape index (κ3) is 4.34. The van der Waals surface area contributed by atoms with Gasteiger partial charge in [0.15, 0.2) is 0 Å². The Morgan fingerprint density at radius 3 is 2.47 bits per heavy atom. The zero-order chi connectivity index (χ0) is 22.8. The quantitative estimate of drug-likeness (QED) is 0.436. The molecule has 4 aromatic rings. The van der Waals surface area contributed by atoms with Gasteiger partial charge in [0.05, 0.1) is 6.04 Å². The third-order valence-electron chi connectivity index (χ3n) is 5.33. The van der Waals surface area contributed by atoms with Gasteiger partial charge >= 0.3 is 0 Å². The van der Waals surface area contributed by atoms with Crippen LogP contribution < -0.4 is 0 Å². The van der Waals surface area contributed by atoms with Gasteiger partial charge in [-0.3, -0.25) is 4.79 Å². The average Bonchev–Trinajstić information content (AvgIpc) is 3.19. The lowest BCUT2D eigenvalue weighted by Gasteiger charge is -2.31. The molecule has 1 unspecified atom stereocenters. The van der Waals surface area contributed by atoms with Crippen LogP contribution in [0.5, 0.6) is 0 Å². The fourth-order valence-electron chi connectivity index (χ4n) is 3.86. The highest BCUT2D eigenvalue weighted by molar-refractivity contribution is 5.91. The predicted molar refractivity (Wildman–Crippen MR) is 116 cm³/mol. The van der Waals surface area contributed by atoms with Crippen LogP contribution in [0.2, 0.25) is 0 Å². The van der Waals surface area contributed by atoms with Crippen LogP contribution in [0.4, 0.5) is 8.78 Å². The van der Waals surface area contributed by atoms with Crippen LogP contribution in [-0.4, -0.2) is 30.4 Å². The number of halogens is 2. The number of carbonyl (C=O) groups is 1. The monoisotopic (exact) mass is 435 g/mol. The van der Waals surface area contributed by atoms with Crippen LogP contribution in [0, 0.1) is 25.5 Å². The molecule has 2 aromatic carbocycles. The molecule has 164 valence electrons. The molecule has 0 saturated heterocycles. The van der Waals surface area contributed by atoms with Crippen molar-refractivity contribution < 1.29 is 13.6 Å². The summed E-state index contributed by atoms with van der Waals surface area (Å²) in [6.45, 7) is 5.79. The molecule has 1 amide bonds. The summed E-state index contributed by atoms with van der Waals surface area (Å²) in [6.07, 6.45) is 0.566. The molecule has 0 aliphatic heterocycles. The van der Waals surface area contributed by atoms with E-state index in [1.54, 1.807) is 29.2 Å². The maximum absolute atomic E-state index is 13.8. The molecule has 0 bridgehead atoms.